The standard InChI is InChI=1S/C17H30O5Si2/c1-6-18-24(19-7-2,20-8-3)12-11-15-9-10-17-16(13-15)14-21-23(4,5)22-17/h9-10,13H,6-8,11-12,14H2,1-5H3. The number of fused-ring (bicyclic) bond motifs is 1. The number of benzene rings is 1. The van der Waals surface area contributed by atoms with Crippen molar-refractivity contribution in [2.45, 2.75) is 52.9 Å². The van der Waals surface area contributed by atoms with E-state index >= 15 is 0 Å². The van der Waals surface area contributed by atoms with Crippen molar-refractivity contribution < 1.29 is 22.1 Å². The first-order valence-electron chi connectivity index (χ1n) is 8.80. The first-order chi connectivity index (χ1) is 11.4. The minimum Gasteiger partial charge on any atom is -0.520 e. The van der Waals surface area contributed by atoms with Crippen LogP contribution in [0, 0.1) is 0 Å². The molecule has 1 aromatic rings. The van der Waals surface area contributed by atoms with E-state index in [1.165, 1.54) is 5.56 Å². The molecule has 0 amide bonds. The van der Waals surface area contributed by atoms with Crippen LogP contribution >= 0.6 is 0 Å². The molecule has 0 aliphatic carbocycles. The number of aryl methyl sites for hydroxylation is 1. The fourth-order valence-electron chi connectivity index (χ4n) is 2.85. The van der Waals surface area contributed by atoms with Crippen molar-refractivity contribution in [2.24, 2.45) is 0 Å². The fourth-order valence-corrected chi connectivity index (χ4v) is 6.73. The summed E-state index contributed by atoms with van der Waals surface area (Å²) in [7, 11) is -4.59. The van der Waals surface area contributed by atoms with Gasteiger partial charge >= 0.3 is 17.4 Å². The van der Waals surface area contributed by atoms with E-state index < -0.39 is 17.4 Å². The van der Waals surface area contributed by atoms with E-state index in [0.717, 1.165) is 23.8 Å². The Labute approximate surface area is 147 Å². The first-order valence-corrected chi connectivity index (χ1v) is 13.5. The van der Waals surface area contributed by atoms with E-state index in [1.54, 1.807) is 0 Å². The molecule has 1 aliphatic heterocycles. The van der Waals surface area contributed by atoms with Gasteiger partial charge in [-0.15, -0.1) is 0 Å². The summed E-state index contributed by atoms with van der Waals surface area (Å²) in [6.07, 6.45) is 0.861. The summed E-state index contributed by atoms with van der Waals surface area (Å²) in [6.45, 7) is 12.5. The minimum absolute atomic E-state index is 0.609. The van der Waals surface area contributed by atoms with Crippen molar-refractivity contribution in [3.63, 3.8) is 0 Å². The Morgan fingerprint density at radius 3 is 2.25 bits per heavy atom. The van der Waals surface area contributed by atoms with Gasteiger partial charge in [0, 0.05) is 31.4 Å². The second kappa shape index (κ2) is 8.60. The van der Waals surface area contributed by atoms with Crippen LogP contribution in [0.5, 0.6) is 5.75 Å². The van der Waals surface area contributed by atoms with E-state index in [-0.39, 0.29) is 0 Å². The van der Waals surface area contributed by atoms with Crippen LogP contribution in [0.1, 0.15) is 31.9 Å². The van der Waals surface area contributed by atoms with Crippen molar-refractivity contribution in [1.29, 1.82) is 0 Å². The van der Waals surface area contributed by atoms with E-state index in [1.807, 2.05) is 20.8 Å². The molecule has 1 aromatic carbocycles. The fraction of sp³-hybridized carbons (Fsp3) is 0.647. The predicted molar refractivity (Wildman–Crippen MR) is 98.5 cm³/mol. The highest BCUT2D eigenvalue weighted by Gasteiger charge is 2.40. The molecule has 5 nitrogen and oxygen atoms in total. The Bertz CT molecular complexity index is 519. The van der Waals surface area contributed by atoms with Gasteiger partial charge in [-0.1, -0.05) is 6.07 Å². The highest BCUT2D eigenvalue weighted by molar-refractivity contribution is 6.65. The summed E-state index contributed by atoms with van der Waals surface area (Å²) in [4.78, 5) is 0. The van der Waals surface area contributed by atoms with Gasteiger partial charge in [-0.05, 0) is 58.0 Å². The normalized spacial score (nSPS) is 16.5. The number of hydrogen-bond donors (Lipinski definition) is 0. The maximum atomic E-state index is 5.99. The van der Waals surface area contributed by atoms with Crippen LogP contribution in [-0.4, -0.2) is 37.2 Å². The van der Waals surface area contributed by atoms with Crippen molar-refractivity contribution in [2.75, 3.05) is 19.8 Å². The van der Waals surface area contributed by atoms with Crippen LogP contribution in [0.3, 0.4) is 0 Å². The average Bonchev–Trinajstić information content (AvgIpc) is 2.53. The zero-order valence-electron chi connectivity index (χ0n) is 15.5. The molecule has 0 spiro atoms. The first kappa shape index (κ1) is 19.6. The lowest BCUT2D eigenvalue weighted by Gasteiger charge is -2.31. The zero-order chi connectivity index (χ0) is 17.6. The number of hydrogen-bond acceptors (Lipinski definition) is 5. The monoisotopic (exact) mass is 370 g/mol. The van der Waals surface area contributed by atoms with Crippen LogP contribution in [0.15, 0.2) is 18.2 Å². The van der Waals surface area contributed by atoms with E-state index in [2.05, 4.69) is 31.3 Å². The maximum Gasteiger partial charge on any atom is 0.501 e. The zero-order valence-corrected chi connectivity index (χ0v) is 17.5. The van der Waals surface area contributed by atoms with Gasteiger partial charge in [-0.2, -0.15) is 0 Å². The molecular weight excluding hydrogens is 340 g/mol. The third kappa shape index (κ3) is 5.14. The minimum atomic E-state index is -2.59. The molecule has 0 radical (unpaired) electrons. The molecule has 7 heteroatoms. The molecule has 0 aromatic heterocycles. The van der Waals surface area contributed by atoms with Crippen molar-refractivity contribution >= 4 is 17.4 Å². The molecule has 0 saturated heterocycles. The van der Waals surface area contributed by atoms with E-state index in [4.69, 9.17) is 22.1 Å². The Hall–Kier alpha value is -0.706. The molecule has 2 rings (SSSR count). The summed E-state index contributed by atoms with van der Waals surface area (Å²) >= 11 is 0. The van der Waals surface area contributed by atoms with Crippen LogP contribution in [0.25, 0.3) is 0 Å². The quantitative estimate of drug-likeness (QED) is 0.617. The lowest BCUT2D eigenvalue weighted by Crippen LogP contribution is -2.46. The lowest BCUT2D eigenvalue weighted by molar-refractivity contribution is 0.0714. The van der Waals surface area contributed by atoms with E-state index in [0.29, 0.717) is 26.4 Å². The van der Waals surface area contributed by atoms with Gasteiger partial charge in [0.05, 0.1) is 6.61 Å². The van der Waals surface area contributed by atoms with Gasteiger partial charge in [0.25, 0.3) is 0 Å². The topological polar surface area (TPSA) is 46.2 Å². The van der Waals surface area contributed by atoms with Crippen LogP contribution in [0.2, 0.25) is 19.1 Å². The highest BCUT2D eigenvalue weighted by atomic mass is 28.4. The summed E-state index contributed by atoms with van der Waals surface area (Å²) in [5, 5.41) is 0. The summed E-state index contributed by atoms with van der Waals surface area (Å²) in [5.74, 6) is 0.963. The average molecular weight is 371 g/mol. The van der Waals surface area contributed by atoms with E-state index in [9.17, 15) is 0 Å². The maximum absolute atomic E-state index is 5.99. The Morgan fingerprint density at radius 2 is 1.67 bits per heavy atom. The van der Waals surface area contributed by atoms with Gasteiger partial charge in [-0.3, -0.25) is 0 Å². The molecule has 0 bridgehead atoms. The Morgan fingerprint density at radius 1 is 1.04 bits per heavy atom. The summed E-state index contributed by atoms with van der Waals surface area (Å²) in [5.41, 5.74) is 2.36. The van der Waals surface area contributed by atoms with Gasteiger partial charge in [0.2, 0.25) is 0 Å². The summed E-state index contributed by atoms with van der Waals surface area (Å²) in [6, 6.07) is 7.13. The van der Waals surface area contributed by atoms with Crippen molar-refractivity contribution in [3.8, 4) is 5.75 Å². The molecule has 1 aliphatic rings. The van der Waals surface area contributed by atoms with Gasteiger partial charge in [-0.25, -0.2) is 0 Å². The summed E-state index contributed by atoms with van der Waals surface area (Å²) < 4.78 is 29.6. The Balaban J connectivity index is 2.07. The second-order valence-electron chi connectivity index (χ2n) is 6.21. The molecule has 136 valence electrons. The molecule has 0 saturated carbocycles. The third-order valence-electron chi connectivity index (χ3n) is 3.87. The van der Waals surface area contributed by atoms with Crippen LogP contribution in [-0.2, 0) is 30.7 Å². The lowest BCUT2D eigenvalue weighted by atomic mass is 10.1. The second-order valence-corrected chi connectivity index (χ2v) is 12.2. The SMILES string of the molecule is CCO[Si](CCc1ccc2c(c1)CO[Si](C)(C)O2)(OCC)OCC. The van der Waals surface area contributed by atoms with Crippen LogP contribution in [0.4, 0.5) is 0 Å². The molecule has 0 atom stereocenters. The smallest absolute Gasteiger partial charge is 0.501 e. The van der Waals surface area contributed by atoms with Crippen LogP contribution < -0.4 is 4.43 Å². The van der Waals surface area contributed by atoms with Gasteiger partial charge < -0.3 is 22.1 Å². The molecule has 0 unspecified atom stereocenters. The molecule has 1 heterocycles. The van der Waals surface area contributed by atoms with Crippen molar-refractivity contribution in [1.82, 2.24) is 0 Å². The number of rotatable bonds is 9. The molecular formula is C17H30O5Si2. The molecule has 24 heavy (non-hydrogen) atoms. The predicted octanol–water partition coefficient (Wildman–Crippen LogP) is 3.89. The molecule has 0 N–H and O–H groups in total. The van der Waals surface area contributed by atoms with Gasteiger partial charge in [0.15, 0.2) is 0 Å². The third-order valence-corrected chi connectivity index (χ3v) is 8.47. The van der Waals surface area contributed by atoms with Crippen molar-refractivity contribution in [3.05, 3.63) is 29.3 Å². The molecule has 0 fully saturated rings. The highest BCUT2D eigenvalue weighted by Crippen LogP contribution is 2.30. The Kier molecular flexibility index (Phi) is 7.03. The van der Waals surface area contributed by atoms with Gasteiger partial charge in [0.1, 0.15) is 5.75 Å². The largest absolute Gasteiger partial charge is 0.520 e.